The highest BCUT2D eigenvalue weighted by Crippen LogP contribution is 2.38. The van der Waals surface area contributed by atoms with Crippen molar-refractivity contribution in [3.63, 3.8) is 0 Å². The Bertz CT molecular complexity index is 439. The van der Waals surface area contributed by atoms with Gasteiger partial charge in [-0.2, -0.15) is 0 Å². The second-order valence-corrected chi connectivity index (χ2v) is 6.13. The molecule has 4 nitrogen and oxygen atoms in total. The van der Waals surface area contributed by atoms with Crippen LogP contribution in [0.2, 0.25) is 0 Å². The van der Waals surface area contributed by atoms with Crippen LogP contribution in [0.25, 0.3) is 0 Å². The molecule has 0 aromatic carbocycles. The van der Waals surface area contributed by atoms with Gasteiger partial charge in [0.1, 0.15) is 11.6 Å². The van der Waals surface area contributed by atoms with Gasteiger partial charge >= 0.3 is 0 Å². The van der Waals surface area contributed by atoms with Crippen molar-refractivity contribution in [2.75, 3.05) is 6.54 Å². The molecule has 5 heteroatoms. The first-order valence-corrected chi connectivity index (χ1v) is 7.82. The molecule has 2 aliphatic rings. The molecule has 1 N–H and O–H groups in total. The number of hydrogen-bond donors (Lipinski definition) is 1. The molecule has 1 unspecified atom stereocenters. The van der Waals surface area contributed by atoms with E-state index in [9.17, 15) is 9.59 Å². The van der Waals surface area contributed by atoms with Crippen LogP contribution in [-0.2, 0) is 9.59 Å². The van der Waals surface area contributed by atoms with Gasteiger partial charge in [-0.05, 0) is 44.1 Å². The molecule has 2 fully saturated rings. The van der Waals surface area contributed by atoms with Gasteiger partial charge in [-0.3, -0.25) is 9.59 Å². The predicted octanol–water partition coefficient (Wildman–Crippen LogP) is 2.42. The Balaban J connectivity index is 2.34. The second-order valence-electron chi connectivity index (χ2n) is 5.91. The standard InChI is InChI=1S/C15H23ClN2O2/c1-4-15(5-2)14(20)17-12(11-6-7-11)13(19)18(15)9-10(3)8-16/h8,11-12H,4-7,9H2,1-3H3,(H,17,20). The minimum Gasteiger partial charge on any atom is -0.342 e. The van der Waals surface area contributed by atoms with Crippen LogP contribution >= 0.6 is 11.6 Å². The van der Waals surface area contributed by atoms with Crippen LogP contribution in [0, 0.1) is 5.92 Å². The fraction of sp³-hybridized carbons (Fsp3) is 0.733. The zero-order valence-corrected chi connectivity index (χ0v) is 13.2. The first-order chi connectivity index (χ1) is 9.50. The molecule has 1 aliphatic carbocycles. The van der Waals surface area contributed by atoms with E-state index in [-0.39, 0.29) is 17.9 Å². The van der Waals surface area contributed by atoms with Crippen molar-refractivity contribution in [1.29, 1.82) is 0 Å². The molecule has 0 aromatic heterocycles. The summed E-state index contributed by atoms with van der Waals surface area (Å²) in [6, 6.07) is -0.336. The third-order valence-corrected chi connectivity index (χ3v) is 4.99. The van der Waals surface area contributed by atoms with E-state index >= 15 is 0 Å². The predicted molar refractivity (Wildman–Crippen MR) is 79.3 cm³/mol. The Morgan fingerprint density at radius 2 is 2.00 bits per heavy atom. The largest absolute Gasteiger partial charge is 0.342 e. The van der Waals surface area contributed by atoms with Gasteiger partial charge in [0.05, 0.1) is 0 Å². The summed E-state index contributed by atoms with van der Waals surface area (Å²) in [6.07, 6.45) is 3.29. The smallest absolute Gasteiger partial charge is 0.246 e. The summed E-state index contributed by atoms with van der Waals surface area (Å²) in [5.74, 6) is 0.357. The van der Waals surface area contributed by atoms with Crippen molar-refractivity contribution in [1.82, 2.24) is 10.2 Å². The van der Waals surface area contributed by atoms with Gasteiger partial charge in [0.25, 0.3) is 0 Å². The molecule has 1 saturated carbocycles. The van der Waals surface area contributed by atoms with Gasteiger partial charge in [-0.1, -0.05) is 25.4 Å². The van der Waals surface area contributed by atoms with Crippen molar-refractivity contribution < 1.29 is 9.59 Å². The highest BCUT2D eigenvalue weighted by atomic mass is 35.5. The lowest BCUT2D eigenvalue weighted by molar-refractivity contribution is -0.158. The van der Waals surface area contributed by atoms with Gasteiger partial charge in [-0.25, -0.2) is 0 Å². The van der Waals surface area contributed by atoms with E-state index in [1.165, 1.54) is 5.54 Å². The van der Waals surface area contributed by atoms with E-state index in [4.69, 9.17) is 11.6 Å². The number of halogens is 1. The molecule has 1 atom stereocenters. The minimum atomic E-state index is -0.733. The Morgan fingerprint density at radius 1 is 1.40 bits per heavy atom. The minimum absolute atomic E-state index is 0.0126. The molecule has 112 valence electrons. The Hall–Kier alpha value is -1.03. The zero-order valence-electron chi connectivity index (χ0n) is 12.4. The molecule has 0 aromatic rings. The van der Waals surface area contributed by atoms with Crippen molar-refractivity contribution >= 4 is 23.4 Å². The van der Waals surface area contributed by atoms with Crippen LogP contribution in [0.3, 0.4) is 0 Å². The van der Waals surface area contributed by atoms with E-state index in [0.29, 0.717) is 25.3 Å². The lowest BCUT2D eigenvalue weighted by Gasteiger charge is -2.48. The number of carbonyl (C=O) groups is 2. The molecular formula is C15H23ClN2O2. The van der Waals surface area contributed by atoms with E-state index < -0.39 is 5.54 Å². The molecule has 1 heterocycles. The van der Waals surface area contributed by atoms with Gasteiger partial charge in [0.2, 0.25) is 11.8 Å². The van der Waals surface area contributed by atoms with E-state index in [0.717, 1.165) is 18.4 Å². The average molecular weight is 299 g/mol. The Morgan fingerprint density at radius 3 is 2.45 bits per heavy atom. The maximum absolute atomic E-state index is 12.8. The summed E-state index contributed by atoms with van der Waals surface area (Å²) in [6.45, 7) is 6.23. The monoisotopic (exact) mass is 298 g/mol. The van der Waals surface area contributed by atoms with Crippen LogP contribution in [-0.4, -0.2) is 34.8 Å². The summed E-state index contributed by atoms with van der Waals surface area (Å²) in [7, 11) is 0. The highest BCUT2D eigenvalue weighted by molar-refractivity contribution is 6.25. The maximum atomic E-state index is 12.8. The Kier molecular flexibility index (Phi) is 4.43. The molecule has 1 aliphatic heterocycles. The highest BCUT2D eigenvalue weighted by Gasteiger charge is 2.53. The SMILES string of the molecule is CCC1(CC)C(=O)NC(C2CC2)C(=O)N1CC(C)=CCl. The molecular weight excluding hydrogens is 276 g/mol. The van der Waals surface area contributed by atoms with Crippen molar-refractivity contribution in [2.24, 2.45) is 5.92 Å². The van der Waals surface area contributed by atoms with Gasteiger partial charge in [0, 0.05) is 12.1 Å². The zero-order chi connectivity index (χ0) is 14.9. The lowest BCUT2D eigenvalue weighted by atomic mass is 9.84. The lowest BCUT2D eigenvalue weighted by Crippen LogP contribution is -2.71. The van der Waals surface area contributed by atoms with Crippen LogP contribution in [0.15, 0.2) is 11.1 Å². The second kappa shape index (κ2) is 5.76. The number of rotatable bonds is 5. The first-order valence-electron chi connectivity index (χ1n) is 7.38. The van der Waals surface area contributed by atoms with Crippen molar-refractivity contribution in [2.45, 2.75) is 58.0 Å². The van der Waals surface area contributed by atoms with Crippen LogP contribution in [0.5, 0.6) is 0 Å². The quantitative estimate of drug-likeness (QED) is 0.847. The van der Waals surface area contributed by atoms with Crippen LogP contribution in [0.1, 0.15) is 46.5 Å². The number of amides is 2. The molecule has 2 amide bonds. The molecule has 2 rings (SSSR count). The van der Waals surface area contributed by atoms with E-state index in [2.05, 4.69) is 5.32 Å². The van der Waals surface area contributed by atoms with Gasteiger partial charge in [-0.15, -0.1) is 0 Å². The molecule has 0 spiro atoms. The topological polar surface area (TPSA) is 49.4 Å². The Labute approximate surface area is 125 Å². The van der Waals surface area contributed by atoms with Crippen molar-refractivity contribution in [3.8, 4) is 0 Å². The number of carbonyl (C=O) groups excluding carboxylic acids is 2. The molecule has 20 heavy (non-hydrogen) atoms. The third-order valence-electron chi connectivity index (χ3n) is 4.61. The average Bonchev–Trinajstić information content (AvgIpc) is 3.27. The van der Waals surface area contributed by atoms with Gasteiger partial charge < -0.3 is 10.2 Å². The molecule has 1 saturated heterocycles. The number of piperazine rings is 1. The fourth-order valence-electron chi connectivity index (χ4n) is 3.05. The fourth-order valence-corrected chi connectivity index (χ4v) is 3.12. The maximum Gasteiger partial charge on any atom is 0.246 e. The molecule has 0 bridgehead atoms. The summed E-state index contributed by atoms with van der Waals surface area (Å²) in [5, 5.41) is 2.96. The summed E-state index contributed by atoms with van der Waals surface area (Å²) in [5.41, 5.74) is 1.65. The number of nitrogens with zero attached hydrogens (tertiary/aromatic N) is 1. The normalized spacial score (nSPS) is 26.7. The molecule has 0 radical (unpaired) electrons. The van der Waals surface area contributed by atoms with Gasteiger partial charge in [0.15, 0.2) is 0 Å². The van der Waals surface area contributed by atoms with Crippen LogP contribution in [0.4, 0.5) is 0 Å². The number of hydrogen-bond acceptors (Lipinski definition) is 2. The van der Waals surface area contributed by atoms with E-state index in [1.807, 2.05) is 20.8 Å². The summed E-state index contributed by atoms with van der Waals surface area (Å²) >= 11 is 5.75. The number of nitrogens with one attached hydrogen (secondary N) is 1. The summed E-state index contributed by atoms with van der Waals surface area (Å²) < 4.78 is 0. The third kappa shape index (κ3) is 2.46. The summed E-state index contributed by atoms with van der Waals surface area (Å²) in [4.78, 5) is 27.1. The van der Waals surface area contributed by atoms with Crippen molar-refractivity contribution in [3.05, 3.63) is 11.1 Å². The first kappa shape index (κ1) is 15.4. The van der Waals surface area contributed by atoms with Crippen LogP contribution < -0.4 is 5.32 Å². The van der Waals surface area contributed by atoms with E-state index in [1.54, 1.807) is 4.90 Å².